The number of halogens is 1. The highest BCUT2D eigenvalue weighted by Crippen LogP contribution is 2.22. The minimum atomic E-state index is -0.509. The number of aliphatic hydroxyl groups excluding tert-OH is 1. The van der Waals surface area contributed by atoms with E-state index in [1.165, 1.54) is 6.42 Å². The minimum absolute atomic E-state index is 0.104. The third kappa shape index (κ3) is 7.15. The smallest absolute Gasteiger partial charge is 0.315 e. The van der Waals surface area contributed by atoms with Crippen LogP contribution in [0.4, 0.5) is 4.79 Å². The summed E-state index contributed by atoms with van der Waals surface area (Å²) in [6.45, 7) is 0.231. The van der Waals surface area contributed by atoms with Crippen molar-refractivity contribution in [1.82, 2.24) is 16.0 Å². The number of urea groups is 1. The maximum atomic E-state index is 12.3. The summed E-state index contributed by atoms with van der Waals surface area (Å²) in [7, 11) is 0. The first-order valence-corrected chi connectivity index (χ1v) is 11.3. The van der Waals surface area contributed by atoms with Gasteiger partial charge in [0.25, 0.3) is 0 Å². The summed E-state index contributed by atoms with van der Waals surface area (Å²) in [4.78, 5) is 24.6. The molecule has 0 aromatic heterocycles. The molecule has 1 heterocycles. The molecule has 1 saturated heterocycles. The predicted molar refractivity (Wildman–Crippen MR) is 115 cm³/mol. The Labute approximate surface area is 182 Å². The molecule has 3 atom stereocenters. The zero-order chi connectivity index (χ0) is 21.3. The van der Waals surface area contributed by atoms with E-state index in [9.17, 15) is 14.7 Å². The van der Waals surface area contributed by atoms with Crippen LogP contribution >= 0.6 is 11.6 Å². The first-order chi connectivity index (χ1) is 14.5. The van der Waals surface area contributed by atoms with E-state index in [1.807, 2.05) is 12.1 Å². The van der Waals surface area contributed by atoms with Gasteiger partial charge in [0.1, 0.15) is 6.10 Å². The molecule has 166 valence electrons. The van der Waals surface area contributed by atoms with Crippen molar-refractivity contribution in [3.63, 3.8) is 0 Å². The predicted octanol–water partition coefficient (Wildman–Crippen LogP) is 2.89. The molecule has 1 aromatic rings. The van der Waals surface area contributed by atoms with Crippen LogP contribution in [0.5, 0.6) is 0 Å². The van der Waals surface area contributed by atoms with E-state index in [0.29, 0.717) is 24.4 Å². The van der Waals surface area contributed by atoms with Crippen molar-refractivity contribution < 1.29 is 19.4 Å². The van der Waals surface area contributed by atoms with Crippen molar-refractivity contribution in [2.24, 2.45) is 0 Å². The number of amides is 3. The number of hydrogen-bond acceptors (Lipinski definition) is 4. The highest BCUT2D eigenvalue weighted by atomic mass is 35.5. The average molecular weight is 438 g/mol. The maximum Gasteiger partial charge on any atom is 0.315 e. The molecule has 0 spiro atoms. The summed E-state index contributed by atoms with van der Waals surface area (Å²) in [5.74, 6) is -0.104. The number of carbonyl (C=O) groups is 2. The highest BCUT2D eigenvalue weighted by molar-refractivity contribution is 6.30. The Morgan fingerprint density at radius 3 is 2.47 bits per heavy atom. The number of benzene rings is 1. The van der Waals surface area contributed by atoms with Crippen LogP contribution in [0.1, 0.15) is 56.9 Å². The van der Waals surface area contributed by atoms with Gasteiger partial charge in [0.05, 0.1) is 25.2 Å². The number of nitrogens with one attached hydrogen (secondary N) is 3. The number of ether oxygens (including phenoxy) is 1. The van der Waals surface area contributed by atoms with Crippen LogP contribution in [0, 0.1) is 0 Å². The second-order valence-electron chi connectivity index (χ2n) is 8.22. The number of aliphatic hydroxyl groups is 1. The third-order valence-corrected chi connectivity index (χ3v) is 6.12. The standard InChI is InChI=1S/C22H32ClN3O4/c23-16-8-6-15(7-9-16)13-24-21(28)12-18-10-11-19(20(14-27)30-18)26-22(29)25-17-4-2-1-3-5-17/h6-9,17-20,27H,1-5,10-14H2,(H,24,28)(H2,25,26,29)/t18-,19+,20+/m1/s1. The molecule has 3 rings (SSSR count). The number of carbonyl (C=O) groups excluding carboxylic acids is 2. The molecule has 1 saturated carbocycles. The van der Waals surface area contributed by atoms with Gasteiger partial charge in [-0.15, -0.1) is 0 Å². The molecule has 0 unspecified atom stereocenters. The van der Waals surface area contributed by atoms with E-state index in [1.54, 1.807) is 12.1 Å². The highest BCUT2D eigenvalue weighted by Gasteiger charge is 2.33. The first-order valence-electron chi connectivity index (χ1n) is 10.9. The van der Waals surface area contributed by atoms with Crippen molar-refractivity contribution in [3.05, 3.63) is 34.9 Å². The number of rotatable bonds is 7. The summed E-state index contributed by atoms with van der Waals surface area (Å²) >= 11 is 5.87. The lowest BCUT2D eigenvalue weighted by Crippen LogP contribution is -2.55. The fourth-order valence-corrected chi connectivity index (χ4v) is 4.30. The number of hydrogen-bond donors (Lipinski definition) is 4. The van der Waals surface area contributed by atoms with E-state index >= 15 is 0 Å². The molecule has 2 aliphatic rings. The zero-order valence-electron chi connectivity index (χ0n) is 17.2. The second-order valence-corrected chi connectivity index (χ2v) is 8.66. The van der Waals surface area contributed by atoms with Crippen LogP contribution in [0.15, 0.2) is 24.3 Å². The lowest BCUT2D eigenvalue weighted by Gasteiger charge is -2.36. The fourth-order valence-electron chi connectivity index (χ4n) is 4.17. The van der Waals surface area contributed by atoms with Crippen LogP contribution < -0.4 is 16.0 Å². The van der Waals surface area contributed by atoms with Gasteiger partial charge in [-0.1, -0.05) is 43.0 Å². The van der Waals surface area contributed by atoms with Crippen LogP contribution in [-0.4, -0.2) is 47.9 Å². The largest absolute Gasteiger partial charge is 0.394 e. The van der Waals surface area contributed by atoms with Gasteiger partial charge in [-0.25, -0.2) is 4.79 Å². The molecule has 1 aliphatic heterocycles. The lowest BCUT2D eigenvalue weighted by molar-refractivity contribution is -0.130. The maximum absolute atomic E-state index is 12.3. The van der Waals surface area contributed by atoms with Gasteiger partial charge in [0, 0.05) is 17.6 Å². The molecule has 8 heteroatoms. The molecule has 30 heavy (non-hydrogen) atoms. The van der Waals surface area contributed by atoms with Gasteiger partial charge in [0.15, 0.2) is 0 Å². The van der Waals surface area contributed by atoms with E-state index < -0.39 is 6.10 Å². The van der Waals surface area contributed by atoms with Gasteiger partial charge in [-0.05, 0) is 43.4 Å². The molecule has 4 N–H and O–H groups in total. The van der Waals surface area contributed by atoms with Gasteiger partial charge < -0.3 is 25.8 Å². The summed E-state index contributed by atoms with van der Waals surface area (Å²) in [5.41, 5.74) is 0.971. The molecular formula is C22H32ClN3O4. The molecule has 2 fully saturated rings. The summed E-state index contributed by atoms with van der Waals surface area (Å²) < 4.78 is 5.91. The van der Waals surface area contributed by atoms with Crippen LogP contribution in [0.25, 0.3) is 0 Å². The van der Waals surface area contributed by atoms with Crippen molar-refractivity contribution in [2.75, 3.05) is 6.61 Å². The Morgan fingerprint density at radius 1 is 1.03 bits per heavy atom. The molecule has 0 bridgehead atoms. The van der Waals surface area contributed by atoms with Crippen molar-refractivity contribution in [3.8, 4) is 0 Å². The summed E-state index contributed by atoms with van der Waals surface area (Å²) in [5, 5.41) is 19.2. The molecule has 3 amide bonds. The second kappa shape index (κ2) is 11.5. The van der Waals surface area contributed by atoms with Crippen LogP contribution in [-0.2, 0) is 16.1 Å². The Bertz CT molecular complexity index is 694. The Hall–Kier alpha value is -1.83. The molecule has 0 radical (unpaired) electrons. The van der Waals surface area contributed by atoms with Crippen LogP contribution in [0.2, 0.25) is 5.02 Å². The van der Waals surface area contributed by atoms with Crippen molar-refractivity contribution in [1.29, 1.82) is 0 Å². The van der Waals surface area contributed by atoms with E-state index in [-0.39, 0.29) is 43.2 Å². The first kappa shape index (κ1) is 22.8. The molecule has 7 nitrogen and oxygen atoms in total. The normalized spacial score (nSPS) is 24.8. The van der Waals surface area contributed by atoms with Crippen LogP contribution in [0.3, 0.4) is 0 Å². The fraction of sp³-hybridized carbons (Fsp3) is 0.636. The Morgan fingerprint density at radius 2 is 1.77 bits per heavy atom. The van der Waals surface area contributed by atoms with E-state index in [4.69, 9.17) is 16.3 Å². The zero-order valence-corrected chi connectivity index (χ0v) is 18.0. The van der Waals surface area contributed by atoms with Crippen molar-refractivity contribution >= 4 is 23.5 Å². The lowest BCUT2D eigenvalue weighted by atomic mass is 9.95. The van der Waals surface area contributed by atoms with Gasteiger partial charge in [-0.2, -0.15) is 0 Å². The Kier molecular flexibility index (Phi) is 8.78. The molecule has 1 aromatic carbocycles. The summed E-state index contributed by atoms with van der Waals surface area (Å²) in [6, 6.07) is 7.09. The average Bonchev–Trinajstić information content (AvgIpc) is 2.75. The minimum Gasteiger partial charge on any atom is -0.394 e. The summed E-state index contributed by atoms with van der Waals surface area (Å²) in [6.07, 6.45) is 6.34. The Balaban J connectivity index is 1.40. The molecule has 1 aliphatic carbocycles. The van der Waals surface area contributed by atoms with E-state index in [2.05, 4.69) is 16.0 Å². The van der Waals surface area contributed by atoms with Crippen molar-refractivity contribution in [2.45, 2.75) is 82.2 Å². The SMILES string of the molecule is O=C(C[C@H]1CC[C@H](NC(=O)NC2CCCCC2)[C@H](CO)O1)NCc1ccc(Cl)cc1. The van der Waals surface area contributed by atoms with Gasteiger partial charge in [-0.3, -0.25) is 4.79 Å². The topological polar surface area (TPSA) is 99.7 Å². The quantitative estimate of drug-likeness (QED) is 0.527. The molecular weight excluding hydrogens is 406 g/mol. The van der Waals surface area contributed by atoms with E-state index in [0.717, 1.165) is 31.2 Å². The van der Waals surface area contributed by atoms with Gasteiger partial charge >= 0.3 is 6.03 Å². The van der Waals surface area contributed by atoms with Gasteiger partial charge in [0.2, 0.25) is 5.91 Å². The monoisotopic (exact) mass is 437 g/mol. The third-order valence-electron chi connectivity index (χ3n) is 5.87.